The Morgan fingerprint density at radius 3 is 2.24 bits per heavy atom. The Morgan fingerprint density at radius 1 is 0.966 bits per heavy atom. The number of anilines is 4. The topological polar surface area (TPSA) is 96.4 Å². The van der Waals surface area contributed by atoms with Crippen LogP contribution in [-0.4, -0.2) is 43.0 Å². The number of nitrogens with one attached hydrogen (secondary N) is 2. The van der Waals surface area contributed by atoms with Crippen molar-refractivity contribution in [2.75, 3.05) is 36.7 Å². The number of esters is 1. The van der Waals surface area contributed by atoms with Crippen LogP contribution in [0.2, 0.25) is 0 Å². The van der Waals surface area contributed by atoms with Crippen molar-refractivity contribution in [2.45, 2.75) is 0 Å². The van der Waals surface area contributed by atoms with Gasteiger partial charge >= 0.3 is 5.97 Å². The predicted octanol–water partition coefficient (Wildman–Crippen LogP) is 3.33. The van der Waals surface area contributed by atoms with Crippen LogP contribution in [0.1, 0.15) is 20.7 Å². The van der Waals surface area contributed by atoms with E-state index >= 15 is 0 Å². The summed E-state index contributed by atoms with van der Waals surface area (Å²) in [6.07, 6.45) is 2.83. The molecule has 2 aromatic carbocycles. The van der Waals surface area contributed by atoms with Gasteiger partial charge < -0.3 is 20.3 Å². The molecule has 3 rings (SSSR count). The van der Waals surface area contributed by atoms with Gasteiger partial charge in [-0.15, -0.1) is 0 Å². The fraction of sp³-hybridized carbons (Fsp3) is 0.143. The number of ether oxygens (including phenoxy) is 1. The SMILES string of the molecule is COC(=O)c1ccccc1NC(=O)c1cnc(Nc2ccc(N(C)C)cc2)nc1. The maximum atomic E-state index is 12.5. The van der Waals surface area contributed by atoms with E-state index < -0.39 is 11.9 Å². The highest BCUT2D eigenvalue weighted by Gasteiger charge is 2.15. The first-order chi connectivity index (χ1) is 14.0. The summed E-state index contributed by atoms with van der Waals surface area (Å²) < 4.78 is 4.73. The molecule has 0 saturated heterocycles. The zero-order chi connectivity index (χ0) is 20.8. The number of aromatic nitrogens is 2. The number of hydrogen-bond donors (Lipinski definition) is 2. The zero-order valence-electron chi connectivity index (χ0n) is 16.3. The Bertz CT molecular complexity index is 1000. The van der Waals surface area contributed by atoms with Crippen LogP contribution in [0.5, 0.6) is 0 Å². The highest BCUT2D eigenvalue weighted by Crippen LogP contribution is 2.19. The summed E-state index contributed by atoms with van der Waals surface area (Å²) in [7, 11) is 5.23. The maximum absolute atomic E-state index is 12.5. The van der Waals surface area contributed by atoms with Gasteiger partial charge in [-0.3, -0.25) is 4.79 Å². The summed E-state index contributed by atoms with van der Waals surface area (Å²) in [5, 5.41) is 5.77. The molecule has 0 bridgehead atoms. The van der Waals surface area contributed by atoms with E-state index in [0.717, 1.165) is 11.4 Å². The summed E-state index contributed by atoms with van der Waals surface area (Å²) in [6.45, 7) is 0. The van der Waals surface area contributed by atoms with Gasteiger partial charge in [-0.25, -0.2) is 14.8 Å². The maximum Gasteiger partial charge on any atom is 0.339 e. The Hall–Kier alpha value is -3.94. The van der Waals surface area contributed by atoms with Gasteiger partial charge in [0, 0.05) is 37.9 Å². The van der Waals surface area contributed by atoms with Gasteiger partial charge in [0.15, 0.2) is 0 Å². The monoisotopic (exact) mass is 391 g/mol. The molecule has 0 saturated carbocycles. The molecule has 1 aromatic heterocycles. The van der Waals surface area contributed by atoms with E-state index in [4.69, 9.17) is 4.74 Å². The number of benzene rings is 2. The van der Waals surface area contributed by atoms with Crippen molar-refractivity contribution in [3.05, 3.63) is 72.1 Å². The fourth-order valence-electron chi connectivity index (χ4n) is 2.56. The van der Waals surface area contributed by atoms with Crippen LogP contribution < -0.4 is 15.5 Å². The van der Waals surface area contributed by atoms with Gasteiger partial charge in [-0.2, -0.15) is 0 Å². The lowest BCUT2D eigenvalue weighted by Crippen LogP contribution is -2.16. The third-order valence-electron chi connectivity index (χ3n) is 4.13. The number of carbonyl (C=O) groups is 2. The molecule has 8 nitrogen and oxygen atoms in total. The molecule has 0 radical (unpaired) electrons. The van der Waals surface area contributed by atoms with Crippen LogP contribution in [0.15, 0.2) is 60.9 Å². The molecule has 8 heteroatoms. The largest absolute Gasteiger partial charge is 0.465 e. The first-order valence-electron chi connectivity index (χ1n) is 8.83. The molecule has 0 aliphatic heterocycles. The Balaban J connectivity index is 1.68. The van der Waals surface area contributed by atoms with E-state index in [1.807, 2.05) is 43.3 Å². The molecule has 0 fully saturated rings. The van der Waals surface area contributed by atoms with Crippen LogP contribution in [-0.2, 0) is 4.74 Å². The number of amides is 1. The predicted molar refractivity (Wildman–Crippen MR) is 112 cm³/mol. The fourth-order valence-corrected chi connectivity index (χ4v) is 2.56. The highest BCUT2D eigenvalue weighted by atomic mass is 16.5. The summed E-state index contributed by atoms with van der Waals surface area (Å²) in [5.41, 5.74) is 2.80. The smallest absolute Gasteiger partial charge is 0.339 e. The molecule has 3 aromatic rings. The van der Waals surface area contributed by atoms with Crippen LogP contribution >= 0.6 is 0 Å². The van der Waals surface area contributed by atoms with E-state index in [9.17, 15) is 9.59 Å². The average molecular weight is 391 g/mol. The minimum Gasteiger partial charge on any atom is -0.465 e. The van der Waals surface area contributed by atoms with E-state index in [1.54, 1.807) is 24.3 Å². The molecule has 0 atom stereocenters. The van der Waals surface area contributed by atoms with Gasteiger partial charge in [0.05, 0.1) is 23.9 Å². The quantitative estimate of drug-likeness (QED) is 0.622. The lowest BCUT2D eigenvalue weighted by Gasteiger charge is -2.13. The van der Waals surface area contributed by atoms with Crippen molar-refractivity contribution in [1.29, 1.82) is 0 Å². The molecule has 148 valence electrons. The highest BCUT2D eigenvalue weighted by molar-refractivity contribution is 6.07. The second-order valence-corrected chi connectivity index (χ2v) is 6.35. The summed E-state index contributed by atoms with van der Waals surface area (Å²) in [5.74, 6) is -0.589. The van der Waals surface area contributed by atoms with Crippen molar-refractivity contribution < 1.29 is 14.3 Å². The number of methoxy groups -OCH3 is 1. The Morgan fingerprint density at radius 2 is 1.62 bits per heavy atom. The summed E-state index contributed by atoms with van der Waals surface area (Å²) >= 11 is 0. The van der Waals surface area contributed by atoms with E-state index in [0.29, 0.717) is 11.6 Å². The zero-order valence-corrected chi connectivity index (χ0v) is 16.3. The Kier molecular flexibility index (Phi) is 6.03. The molecule has 0 aliphatic carbocycles. The standard InChI is InChI=1S/C21H21N5O3/c1-26(2)16-10-8-15(9-11-16)24-21-22-12-14(13-23-21)19(27)25-18-7-5-4-6-17(18)20(28)29-3/h4-13H,1-3H3,(H,25,27)(H,22,23,24). The molecule has 2 N–H and O–H groups in total. The van der Waals surface area contributed by atoms with Crippen LogP contribution in [0.25, 0.3) is 0 Å². The van der Waals surface area contributed by atoms with Crippen molar-refractivity contribution in [3.8, 4) is 0 Å². The molecular formula is C21H21N5O3. The minimum absolute atomic E-state index is 0.262. The van der Waals surface area contributed by atoms with Crippen molar-refractivity contribution in [2.24, 2.45) is 0 Å². The summed E-state index contributed by atoms with van der Waals surface area (Å²) in [6, 6.07) is 14.4. The Labute approximate surface area is 168 Å². The van der Waals surface area contributed by atoms with Crippen LogP contribution in [0.4, 0.5) is 23.0 Å². The van der Waals surface area contributed by atoms with Gasteiger partial charge in [0.2, 0.25) is 5.95 Å². The van der Waals surface area contributed by atoms with Crippen LogP contribution in [0, 0.1) is 0 Å². The minimum atomic E-state index is -0.531. The second kappa shape index (κ2) is 8.83. The lowest BCUT2D eigenvalue weighted by atomic mass is 10.1. The van der Waals surface area contributed by atoms with Gasteiger partial charge in [0.25, 0.3) is 5.91 Å². The third kappa shape index (κ3) is 4.86. The number of rotatable bonds is 6. The molecule has 1 amide bonds. The molecule has 29 heavy (non-hydrogen) atoms. The van der Waals surface area contributed by atoms with Crippen molar-refractivity contribution in [1.82, 2.24) is 9.97 Å². The average Bonchev–Trinajstić information content (AvgIpc) is 2.74. The van der Waals surface area contributed by atoms with E-state index in [2.05, 4.69) is 20.6 Å². The molecule has 1 heterocycles. The molecular weight excluding hydrogens is 370 g/mol. The first kappa shape index (κ1) is 19.8. The first-order valence-corrected chi connectivity index (χ1v) is 8.83. The third-order valence-corrected chi connectivity index (χ3v) is 4.13. The number of para-hydroxylation sites is 1. The number of hydrogen-bond acceptors (Lipinski definition) is 7. The molecule has 0 unspecified atom stereocenters. The van der Waals surface area contributed by atoms with Gasteiger partial charge in [-0.05, 0) is 36.4 Å². The molecule has 0 spiro atoms. The second-order valence-electron chi connectivity index (χ2n) is 6.35. The van der Waals surface area contributed by atoms with Gasteiger partial charge in [0.1, 0.15) is 0 Å². The lowest BCUT2D eigenvalue weighted by molar-refractivity contribution is 0.0602. The van der Waals surface area contributed by atoms with Crippen molar-refractivity contribution >= 4 is 34.9 Å². The normalized spacial score (nSPS) is 10.2. The van der Waals surface area contributed by atoms with Gasteiger partial charge in [-0.1, -0.05) is 12.1 Å². The van der Waals surface area contributed by atoms with E-state index in [-0.39, 0.29) is 11.1 Å². The van der Waals surface area contributed by atoms with E-state index in [1.165, 1.54) is 19.5 Å². The summed E-state index contributed by atoms with van der Waals surface area (Å²) in [4.78, 5) is 34.7. The van der Waals surface area contributed by atoms with Crippen molar-refractivity contribution in [3.63, 3.8) is 0 Å². The molecule has 0 aliphatic rings. The van der Waals surface area contributed by atoms with Crippen LogP contribution in [0.3, 0.4) is 0 Å². The number of carbonyl (C=O) groups excluding carboxylic acids is 2. The number of nitrogens with zero attached hydrogens (tertiary/aromatic N) is 3.